The number of hydrogen-bond donors (Lipinski definition) is 0. The van der Waals surface area contributed by atoms with Crippen molar-refractivity contribution < 1.29 is 0 Å². The van der Waals surface area contributed by atoms with Crippen LogP contribution in [0.2, 0.25) is 0 Å². The van der Waals surface area contributed by atoms with Crippen molar-refractivity contribution in [3.63, 3.8) is 0 Å². The Hall–Kier alpha value is -5.45. The van der Waals surface area contributed by atoms with Crippen molar-refractivity contribution >= 4 is 53.1 Å². The zero-order valence-corrected chi connectivity index (χ0v) is 23.8. The lowest BCUT2D eigenvalue weighted by Crippen LogP contribution is -2.00. The molecule has 7 aromatic carbocycles. The van der Waals surface area contributed by atoms with Crippen LogP contribution in [-0.4, -0.2) is 15.0 Å². The van der Waals surface area contributed by atoms with Gasteiger partial charge in [0, 0.05) is 36.9 Å². The van der Waals surface area contributed by atoms with E-state index in [0.29, 0.717) is 17.5 Å². The van der Waals surface area contributed by atoms with Crippen molar-refractivity contribution in [1.82, 2.24) is 15.0 Å². The van der Waals surface area contributed by atoms with Gasteiger partial charge in [-0.3, -0.25) is 0 Å². The van der Waals surface area contributed by atoms with Gasteiger partial charge in [0.1, 0.15) is 0 Å². The normalized spacial score (nSPS) is 11.7. The molecule has 0 saturated heterocycles. The average molecular weight is 566 g/mol. The summed E-state index contributed by atoms with van der Waals surface area (Å²) < 4.78 is 2.70. The summed E-state index contributed by atoms with van der Waals surface area (Å²) in [5.74, 6) is 1.99. The molecule has 3 nitrogen and oxygen atoms in total. The molecule has 0 N–H and O–H groups in total. The number of benzene rings is 7. The van der Waals surface area contributed by atoms with E-state index < -0.39 is 0 Å². The van der Waals surface area contributed by atoms with Crippen LogP contribution in [0.4, 0.5) is 0 Å². The largest absolute Gasteiger partial charge is 0.208 e. The van der Waals surface area contributed by atoms with Crippen LogP contribution in [0.3, 0.4) is 0 Å². The van der Waals surface area contributed by atoms with Gasteiger partial charge in [-0.2, -0.15) is 0 Å². The third-order valence-corrected chi connectivity index (χ3v) is 9.40. The minimum absolute atomic E-state index is 0.659. The average Bonchev–Trinajstić information content (AvgIpc) is 3.48. The fourth-order valence-corrected chi connectivity index (χ4v) is 7.43. The second kappa shape index (κ2) is 9.55. The molecule has 0 atom stereocenters. The van der Waals surface area contributed by atoms with Gasteiger partial charge in [0.15, 0.2) is 17.5 Å². The Balaban J connectivity index is 1.22. The van der Waals surface area contributed by atoms with Crippen molar-refractivity contribution in [2.24, 2.45) is 0 Å². The summed E-state index contributed by atoms with van der Waals surface area (Å²) in [5.41, 5.74) is 5.19. The van der Waals surface area contributed by atoms with Crippen molar-refractivity contribution in [1.29, 1.82) is 0 Å². The summed E-state index contributed by atoms with van der Waals surface area (Å²) in [6, 6.07) is 49.0. The van der Waals surface area contributed by atoms with Gasteiger partial charge >= 0.3 is 0 Å². The molecule has 43 heavy (non-hydrogen) atoms. The third kappa shape index (κ3) is 3.92. The Morgan fingerprint density at radius 3 is 1.44 bits per heavy atom. The Morgan fingerprint density at radius 2 is 0.814 bits per heavy atom. The Bertz CT molecular complexity index is 2390. The highest BCUT2D eigenvalue weighted by Crippen LogP contribution is 2.45. The van der Waals surface area contributed by atoms with Crippen LogP contribution in [0.25, 0.3) is 87.0 Å². The molecular formula is C39H23N3S. The van der Waals surface area contributed by atoms with Gasteiger partial charge in [-0.1, -0.05) is 115 Å². The zero-order valence-electron chi connectivity index (χ0n) is 23.0. The van der Waals surface area contributed by atoms with Crippen molar-refractivity contribution in [3.05, 3.63) is 140 Å². The van der Waals surface area contributed by atoms with Gasteiger partial charge in [0.2, 0.25) is 0 Å². The zero-order chi connectivity index (χ0) is 28.3. The maximum Gasteiger partial charge on any atom is 0.164 e. The number of fused-ring (bicyclic) bond motifs is 3. The predicted molar refractivity (Wildman–Crippen MR) is 181 cm³/mol. The minimum atomic E-state index is 0.659. The van der Waals surface area contributed by atoms with Gasteiger partial charge in [-0.15, -0.1) is 11.3 Å². The van der Waals surface area contributed by atoms with Gasteiger partial charge in [-0.25, -0.2) is 15.0 Å². The highest BCUT2D eigenvalue weighted by molar-refractivity contribution is 7.26. The van der Waals surface area contributed by atoms with E-state index in [1.54, 1.807) is 0 Å². The lowest BCUT2D eigenvalue weighted by atomic mass is 9.92. The van der Waals surface area contributed by atoms with E-state index in [-0.39, 0.29) is 0 Å². The first kappa shape index (κ1) is 24.2. The third-order valence-electron chi connectivity index (χ3n) is 8.28. The van der Waals surface area contributed by atoms with Crippen LogP contribution in [0.1, 0.15) is 0 Å². The fraction of sp³-hybridized carbons (Fsp3) is 0. The standard InChI is InChI=1S/C39H23N3S/c1-3-10-24(11-4-1)37-40-38(25-12-5-2-6-13-25)42-39(41-37)28-15-7-14-26(22-28)27-20-21-29-30-16-8-18-33-35(30)36-31(32(29)23-27)17-9-19-34(36)43-33/h1-23H. The predicted octanol–water partition coefficient (Wildman–Crippen LogP) is 10.7. The molecule has 9 aromatic rings. The van der Waals surface area contributed by atoms with Crippen LogP contribution in [0.15, 0.2) is 140 Å². The number of thiophene rings is 1. The summed E-state index contributed by atoms with van der Waals surface area (Å²) >= 11 is 1.88. The molecule has 0 spiro atoms. The van der Waals surface area contributed by atoms with E-state index in [1.165, 1.54) is 47.3 Å². The maximum atomic E-state index is 4.95. The van der Waals surface area contributed by atoms with Crippen LogP contribution in [-0.2, 0) is 0 Å². The SMILES string of the molecule is c1ccc(-c2nc(-c3ccccc3)nc(-c3cccc(-c4ccc5c(c4)c4cccc6sc7cccc5c7c64)c3)n2)cc1. The molecule has 4 heteroatoms. The summed E-state index contributed by atoms with van der Waals surface area (Å²) in [6.45, 7) is 0. The molecule has 0 unspecified atom stereocenters. The van der Waals surface area contributed by atoms with Gasteiger partial charge < -0.3 is 0 Å². The maximum absolute atomic E-state index is 4.95. The second-order valence-corrected chi connectivity index (χ2v) is 11.9. The summed E-state index contributed by atoms with van der Waals surface area (Å²) in [6.07, 6.45) is 0. The lowest BCUT2D eigenvalue weighted by Gasteiger charge is -2.12. The Labute approximate surface area is 252 Å². The number of nitrogens with zero attached hydrogens (tertiary/aromatic N) is 3. The Kier molecular flexibility index (Phi) is 5.37. The molecule has 0 saturated carbocycles. The van der Waals surface area contributed by atoms with Crippen LogP contribution in [0.5, 0.6) is 0 Å². The van der Waals surface area contributed by atoms with E-state index >= 15 is 0 Å². The number of rotatable bonds is 4. The first-order valence-corrected chi connectivity index (χ1v) is 15.2. The van der Waals surface area contributed by atoms with Crippen LogP contribution >= 0.6 is 11.3 Å². The van der Waals surface area contributed by atoms with E-state index in [2.05, 4.69) is 78.9 Å². The lowest BCUT2D eigenvalue weighted by molar-refractivity contribution is 1.07. The summed E-state index contributed by atoms with van der Waals surface area (Å²) in [4.78, 5) is 14.8. The van der Waals surface area contributed by atoms with Crippen LogP contribution < -0.4 is 0 Å². The number of aromatic nitrogens is 3. The van der Waals surface area contributed by atoms with E-state index in [0.717, 1.165) is 22.3 Å². The van der Waals surface area contributed by atoms with E-state index in [4.69, 9.17) is 15.0 Å². The van der Waals surface area contributed by atoms with Crippen molar-refractivity contribution in [2.75, 3.05) is 0 Å². The van der Waals surface area contributed by atoms with Gasteiger partial charge in [-0.05, 0) is 56.9 Å². The quantitative estimate of drug-likeness (QED) is 0.199. The molecule has 0 bridgehead atoms. The fourth-order valence-electron chi connectivity index (χ4n) is 6.27. The molecule has 0 aliphatic carbocycles. The molecule has 9 rings (SSSR count). The van der Waals surface area contributed by atoms with Crippen molar-refractivity contribution in [2.45, 2.75) is 0 Å². The molecule has 0 aliphatic heterocycles. The molecule has 0 fully saturated rings. The smallest absolute Gasteiger partial charge is 0.164 e. The molecule has 0 aliphatic rings. The van der Waals surface area contributed by atoms with Gasteiger partial charge in [0.05, 0.1) is 0 Å². The molecule has 2 aromatic heterocycles. The highest BCUT2D eigenvalue weighted by atomic mass is 32.1. The summed E-state index contributed by atoms with van der Waals surface area (Å²) in [5, 5.41) is 7.98. The van der Waals surface area contributed by atoms with E-state index in [9.17, 15) is 0 Å². The minimum Gasteiger partial charge on any atom is -0.208 e. The molecule has 200 valence electrons. The Morgan fingerprint density at radius 1 is 0.326 bits per heavy atom. The highest BCUT2D eigenvalue weighted by Gasteiger charge is 2.17. The molecule has 2 heterocycles. The monoisotopic (exact) mass is 565 g/mol. The van der Waals surface area contributed by atoms with Crippen molar-refractivity contribution in [3.8, 4) is 45.3 Å². The van der Waals surface area contributed by atoms with Gasteiger partial charge in [0.25, 0.3) is 0 Å². The topological polar surface area (TPSA) is 38.7 Å². The molecule has 0 amide bonds. The summed E-state index contributed by atoms with van der Waals surface area (Å²) in [7, 11) is 0. The number of hydrogen-bond acceptors (Lipinski definition) is 4. The van der Waals surface area contributed by atoms with Crippen LogP contribution in [0, 0.1) is 0 Å². The first-order valence-electron chi connectivity index (χ1n) is 14.4. The van der Waals surface area contributed by atoms with E-state index in [1.807, 2.05) is 72.0 Å². The second-order valence-electron chi connectivity index (χ2n) is 10.8. The molecule has 0 radical (unpaired) electrons. The first-order chi connectivity index (χ1) is 21.3. The molecular weight excluding hydrogens is 543 g/mol.